The van der Waals surface area contributed by atoms with Gasteiger partial charge in [-0.1, -0.05) is 76.2 Å². The summed E-state index contributed by atoms with van der Waals surface area (Å²) in [5, 5.41) is 33.4. The average molecular weight is 1590 g/mol. The number of nitrogens with zero attached hydrogens (tertiary/aromatic N) is 5. The van der Waals surface area contributed by atoms with E-state index in [1.807, 2.05) is 20.8 Å². The number of aliphatic hydroxyl groups excluding tert-OH is 1. The third-order valence-electron chi connectivity index (χ3n) is 18.9. The van der Waals surface area contributed by atoms with Crippen LogP contribution < -0.4 is 50.2 Å². The lowest BCUT2D eigenvalue weighted by molar-refractivity contribution is -0.154. The molecule has 5 aliphatic heterocycles. The molecule has 10 rings (SSSR count). The molecular weight excluding hydrogens is 1500 g/mol. The minimum atomic E-state index is -3.78. The maximum atomic E-state index is 12.0. The van der Waals surface area contributed by atoms with E-state index in [1.54, 1.807) is 69.2 Å². The van der Waals surface area contributed by atoms with Gasteiger partial charge in [0.1, 0.15) is 0 Å². The van der Waals surface area contributed by atoms with E-state index in [9.17, 15) is 94.8 Å². The maximum Gasteiger partial charge on any atom is 0.311 e. The molecule has 5 aliphatic rings. The van der Waals surface area contributed by atoms with Crippen molar-refractivity contribution in [2.75, 3.05) is 37.7 Å². The number of imide groups is 5. The van der Waals surface area contributed by atoms with Crippen molar-refractivity contribution in [1.29, 1.82) is 0 Å². The van der Waals surface area contributed by atoms with Gasteiger partial charge in [0.2, 0.25) is 109 Å². The number of anilines is 5. The molecule has 0 saturated carbocycles. The molecule has 10 amide bonds. The fourth-order valence-corrected chi connectivity index (χ4v) is 13.1. The Hall–Kier alpha value is -9.22. The number of carbonyl (C=O) groups is 11. The first-order valence-electron chi connectivity index (χ1n) is 33.0. The molecule has 0 bridgehead atoms. The van der Waals surface area contributed by atoms with Gasteiger partial charge in [-0.2, -0.15) is 0 Å². The molecule has 10 unspecified atom stereocenters. The third-order valence-corrected chi connectivity index (χ3v) is 23.6. The van der Waals surface area contributed by atoms with Crippen LogP contribution in [0.4, 0.5) is 28.4 Å². The van der Waals surface area contributed by atoms with Gasteiger partial charge in [0, 0.05) is 72.2 Å². The lowest BCUT2D eigenvalue weighted by atomic mass is 9.91. The fourth-order valence-electron chi connectivity index (χ4n) is 10.5. The van der Waals surface area contributed by atoms with Crippen molar-refractivity contribution in [3.8, 4) is 0 Å². The molecule has 38 heteroatoms. The Morgan fingerprint density at radius 2 is 0.467 bits per heavy atom. The van der Waals surface area contributed by atoms with E-state index >= 15 is 0 Å². The summed E-state index contributed by atoms with van der Waals surface area (Å²) in [6.07, 6.45) is 1.29. The first-order valence-corrected chi connectivity index (χ1v) is 40.8. The molecule has 0 aromatic heterocycles. The van der Waals surface area contributed by atoms with Gasteiger partial charge in [-0.3, -0.25) is 77.2 Å². The molecule has 0 aliphatic carbocycles. The van der Waals surface area contributed by atoms with Gasteiger partial charge >= 0.3 is 5.97 Å². The number of primary sulfonamides is 5. The van der Waals surface area contributed by atoms with Gasteiger partial charge in [0.25, 0.3) is 0 Å². The normalized spacial score (nSPS) is 22.6. The van der Waals surface area contributed by atoms with Crippen molar-refractivity contribution in [3.05, 3.63) is 121 Å². The number of hydrogen-bond donors (Lipinski definition) is 6. The number of carbonyl (C=O) groups excluding carboxylic acids is 11. The molecule has 582 valence electrons. The number of ether oxygens (including phenoxy) is 1. The van der Waals surface area contributed by atoms with Gasteiger partial charge in [-0.05, 0) is 142 Å². The summed E-state index contributed by atoms with van der Waals surface area (Å²) in [5.74, 6) is -6.65. The number of rotatable bonds is 15. The van der Waals surface area contributed by atoms with Gasteiger partial charge in [0.15, 0.2) is 0 Å². The first kappa shape index (κ1) is 88.4. The molecule has 5 saturated heterocycles. The monoisotopic (exact) mass is 1580 g/mol. The predicted molar refractivity (Wildman–Crippen MR) is 390 cm³/mol. The molecule has 5 heterocycles. The summed E-state index contributed by atoms with van der Waals surface area (Å²) < 4.78 is 116. The standard InChI is InChI=1S/5C12H14N2O4S.C9H18O3/c5*1-7-8(2)12(16)14(11(7)15)9-3-5-10(6-4-9)19(13,17)18;1-4-9(2,3)8(11)12-7-5-6-10/h5*3-8H,1-2H3,(H2,13,17,18);10H,4-7H2,1-3H3. The number of amides is 10. The largest absolute Gasteiger partial charge is 0.465 e. The smallest absolute Gasteiger partial charge is 0.311 e. The van der Waals surface area contributed by atoms with Crippen LogP contribution in [0.15, 0.2) is 146 Å². The number of nitrogens with two attached hydrogens (primary N) is 5. The summed E-state index contributed by atoms with van der Waals surface area (Å²) in [4.78, 5) is 136. The van der Waals surface area contributed by atoms with E-state index in [0.717, 1.165) is 30.9 Å². The Balaban J connectivity index is 0.000000232. The van der Waals surface area contributed by atoms with Crippen molar-refractivity contribution >= 4 is 144 Å². The number of sulfonamides is 5. The number of hydrogen-bond acceptors (Lipinski definition) is 23. The van der Waals surface area contributed by atoms with Crippen molar-refractivity contribution in [3.63, 3.8) is 0 Å². The van der Waals surface area contributed by atoms with E-state index in [2.05, 4.69) is 0 Å². The van der Waals surface area contributed by atoms with Crippen molar-refractivity contribution in [2.24, 2.45) is 90.3 Å². The molecule has 33 nitrogen and oxygen atoms in total. The minimum absolute atomic E-state index is 0.0589. The number of benzene rings is 5. The Kier molecular flexibility index (Phi) is 28.7. The van der Waals surface area contributed by atoms with Crippen LogP contribution in [-0.4, -0.2) is 125 Å². The zero-order chi connectivity index (χ0) is 81.5. The Morgan fingerprint density at radius 3 is 0.579 bits per heavy atom. The lowest BCUT2D eigenvalue weighted by Gasteiger charge is -2.19. The quantitative estimate of drug-likeness (QED) is 0.0494. The van der Waals surface area contributed by atoms with Gasteiger partial charge in [-0.15, -0.1) is 0 Å². The molecule has 0 radical (unpaired) electrons. The van der Waals surface area contributed by atoms with Gasteiger partial charge in [-0.25, -0.2) is 67.8 Å². The highest BCUT2D eigenvalue weighted by Crippen LogP contribution is 2.36. The van der Waals surface area contributed by atoms with Crippen LogP contribution in [0.3, 0.4) is 0 Å². The molecule has 11 N–H and O–H groups in total. The zero-order valence-corrected chi connectivity index (χ0v) is 64.8. The Bertz CT molecular complexity index is 4080. The van der Waals surface area contributed by atoms with Crippen LogP contribution in [0.1, 0.15) is 103 Å². The molecule has 5 fully saturated rings. The first-order chi connectivity index (χ1) is 49.2. The van der Waals surface area contributed by atoms with Gasteiger partial charge in [0.05, 0.1) is 64.9 Å². The highest BCUT2D eigenvalue weighted by atomic mass is 32.2. The summed E-state index contributed by atoms with van der Waals surface area (Å²) in [5.41, 5.74) is 1.41. The third kappa shape index (κ3) is 20.7. The number of esters is 1. The van der Waals surface area contributed by atoms with Crippen LogP contribution in [0.5, 0.6) is 0 Å². The summed E-state index contributed by atoms with van der Waals surface area (Å²) in [6.45, 7) is 23.0. The molecule has 0 spiro atoms. The van der Waals surface area contributed by atoms with Crippen molar-refractivity contribution in [2.45, 2.75) is 127 Å². The molecular formula is C69H88N10O23S5. The second kappa shape index (κ2) is 34.8. The van der Waals surface area contributed by atoms with Crippen molar-refractivity contribution < 1.29 is 105 Å². The van der Waals surface area contributed by atoms with Crippen LogP contribution >= 0.6 is 0 Å². The highest BCUT2D eigenvalue weighted by molar-refractivity contribution is 7.90. The summed E-state index contributed by atoms with van der Waals surface area (Å²) >= 11 is 0. The van der Waals surface area contributed by atoms with E-state index < -0.39 is 55.5 Å². The van der Waals surface area contributed by atoms with Crippen LogP contribution in [0, 0.1) is 64.6 Å². The average Bonchev–Trinajstić information content (AvgIpc) is 1.67. The van der Waals surface area contributed by atoms with Crippen LogP contribution in [0.25, 0.3) is 0 Å². The van der Waals surface area contributed by atoms with E-state index in [1.165, 1.54) is 121 Å². The predicted octanol–water partition coefficient (Wildman–Crippen LogP) is 3.75. The second-order valence-electron chi connectivity index (χ2n) is 26.6. The molecule has 107 heavy (non-hydrogen) atoms. The maximum absolute atomic E-state index is 12.0. The molecule has 10 atom stereocenters. The summed E-state index contributed by atoms with van der Waals surface area (Å²) in [7, 11) is -18.9. The Morgan fingerprint density at radius 1 is 0.327 bits per heavy atom. The number of aliphatic hydroxyl groups is 1. The van der Waals surface area contributed by atoms with E-state index in [4.69, 9.17) is 35.5 Å². The summed E-state index contributed by atoms with van der Waals surface area (Å²) in [6, 6.07) is 26.8. The highest BCUT2D eigenvalue weighted by Gasteiger charge is 2.47. The zero-order valence-electron chi connectivity index (χ0n) is 60.7. The Labute approximate surface area is 621 Å². The van der Waals surface area contributed by atoms with Crippen LogP contribution in [0.2, 0.25) is 0 Å². The minimum Gasteiger partial charge on any atom is -0.465 e. The topological polar surface area (TPSA) is 534 Å². The fraction of sp³-hybridized carbons (Fsp3) is 0.406. The van der Waals surface area contributed by atoms with Gasteiger partial charge < -0.3 is 9.84 Å². The second-order valence-corrected chi connectivity index (χ2v) is 34.4. The molecule has 5 aromatic carbocycles. The lowest BCUT2D eigenvalue weighted by Crippen LogP contribution is -2.30. The van der Waals surface area contributed by atoms with Crippen LogP contribution in [-0.2, 0) is 108 Å². The van der Waals surface area contributed by atoms with E-state index in [0.29, 0.717) is 41.5 Å². The van der Waals surface area contributed by atoms with E-state index in [-0.39, 0.29) is 155 Å². The van der Waals surface area contributed by atoms with Crippen molar-refractivity contribution in [1.82, 2.24) is 0 Å². The molecule has 5 aromatic rings. The SMILES string of the molecule is CC1C(=O)N(c2ccc(S(N)(=O)=O)cc2)C(=O)C1C.CC1C(=O)N(c2ccc(S(N)(=O)=O)cc2)C(=O)C1C.CC1C(=O)N(c2ccc(S(N)(=O)=O)cc2)C(=O)C1C.CC1C(=O)N(c2ccc(S(N)(=O)=O)cc2)C(=O)C1C.CC1C(=O)N(c2ccc(S(N)(=O)=O)cc2)C(=O)C1C.CCC(C)(C)C(=O)OCCCO.